The Morgan fingerprint density at radius 2 is 1.23 bits per heavy atom. The van der Waals surface area contributed by atoms with Crippen molar-refractivity contribution in [3.05, 3.63) is 11.6 Å². The van der Waals surface area contributed by atoms with Gasteiger partial charge in [0.25, 0.3) is 0 Å². The third-order valence-corrected chi connectivity index (χ3v) is 17.9. The van der Waals surface area contributed by atoms with E-state index >= 15 is 0 Å². The van der Waals surface area contributed by atoms with Gasteiger partial charge in [-0.25, -0.2) is 4.79 Å². The molecular weight excluding hydrogens is 868 g/mol. The molecule has 19 heteroatoms. The number of fused-ring (bicyclic) bond motifs is 5. The minimum Gasteiger partial charge on any atom is -0.458 e. The summed E-state index contributed by atoms with van der Waals surface area (Å²) in [5.41, 5.74) is -1.20. The Bertz CT molecular complexity index is 1720. The lowest BCUT2D eigenvalue weighted by atomic mass is 9.43. The van der Waals surface area contributed by atoms with Gasteiger partial charge in [-0.05, 0) is 95.0 Å². The van der Waals surface area contributed by atoms with Crippen LogP contribution in [0.15, 0.2) is 11.6 Å². The lowest BCUT2D eigenvalue weighted by Gasteiger charge is -2.63. The van der Waals surface area contributed by atoms with Gasteiger partial charge in [-0.3, -0.25) is 0 Å². The number of carbonyl (C=O) groups excluding carboxylic acids is 1. The van der Waals surface area contributed by atoms with Crippen LogP contribution in [0.3, 0.4) is 0 Å². The number of cyclic esters (lactones) is 1. The van der Waals surface area contributed by atoms with Gasteiger partial charge in [0.1, 0.15) is 49.3 Å². The Hall–Kier alpha value is -1.47. The van der Waals surface area contributed by atoms with E-state index in [1.165, 1.54) is 0 Å². The number of esters is 1. The highest BCUT2D eigenvalue weighted by Gasteiger charge is 2.70. The molecule has 5 aliphatic heterocycles. The molecule has 0 aromatic carbocycles. The topological polar surface area (TPSA) is 282 Å². The molecule has 0 spiro atoms. The van der Waals surface area contributed by atoms with Crippen LogP contribution in [0.1, 0.15) is 105 Å². The monoisotopic (exact) mass is 942 g/mol. The first-order valence-electron chi connectivity index (χ1n) is 24.5. The van der Waals surface area contributed by atoms with Gasteiger partial charge < -0.3 is 88.6 Å². The molecule has 4 saturated heterocycles. The molecule has 26 atom stereocenters. The normalized spacial score (nSPS) is 55.3. The van der Waals surface area contributed by atoms with E-state index in [2.05, 4.69) is 13.8 Å². The number of aliphatic hydroxyl groups excluding tert-OH is 8. The van der Waals surface area contributed by atoms with Gasteiger partial charge >= 0.3 is 5.97 Å². The quantitative estimate of drug-likeness (QED) is 0.103. The highest BCUT2D eigenvalue weighted by Crippen LogP contribution is 2.70. The van der Waals surface area contributed by atoms with E-state index in [4.69, 9.17) is 42.6 Å². The van der Waals surface area contributed by atoms with Crippen LogP contribution in [-0.4, -0.2) is 187 Å². The largest absolute Gasteiger partial charge is 0.458 e. The number of hydrogen-bond acceptors (Lipinski definition) is 19. The summed E-state index contributed by atoms with van der Waals surface area (Å²) < 4.78 is 53.9. The molecular formula is C47H74O19. The van der Waals surface area contributed by atoms with Gasteiger partial charge in [0.05, 0.1) is 61.0 Å². The van der Waals surface area contributed by atoms with Gasteiger partial charge in [0, 0.05) is 42.6 Å². The summed E-state index contributed by atoms with van der Waals surface area (Å²) in [5, 5.41) is 97.9. The van der Waals surface area contributed by atoms with Crippen LogP contribution in [0.4, 0.5) is 0 Å². The molecule has 0 radical (unpaired) electrons. The van der Waals surface area contributed by atoms with Crippen molar-refractivity contribution in [3.8, 4) is 0 Å². The van der Waals surface area contributed by atoms with Gasteiger partial charge in [-0.15, -0.1) is 0 Å². The average Bonchev–Trinajstić information content (AvgIpc) is 3.76. The summed E-state index contributed by atoms with van der Waals surface area (Å²) in [4.78, 5) is 12.7. The lowest BCUT2D eigenvalue weighted by Crippen LogP contribution is -2.62. The molecule has 5 heterocycles. The Morgan fingerprint density at radius 3 is 1.77 bits per heavy atom. The molecule has 4 aliphatic carbocycles. The number of ether oxygens (including phenoxy) is 9. The van der Waals surface area contributed by atoms with E-state index in [0.29, 0.717) is 11.5 Å². The number of aliphatic hydroxyl groups is 9. The van der Waals surface area contributed by atoms with Crippen molar-refractivity contribution in [2.24, 2.45) is 34.5 Å². The molecule has 9 rings (SSSR count). The first kappa shape index (κ1) is 49.5. The van der Waals surface area contributed by atoms with E-state index in [1.807, 2.05) is 6.92 Å². The van der Waals surface area contributed by atoms with Crippen molar-refractivity contribution in [1.29, 1.82) is 0 Å². The van der Waals surface area contributed by atoms with Crippen LogP contribution >= 0.6 is 0 Å². The SMILES string of the molecule is C[C@H]1O[C@@H](O[C@H]2CC[C@@]3(C)[C@H](CC[C@@H]4[C@@H]3CC[C@]3(C)[C@H](C5=CCOC5=O)[C@@H](O)C[C@]43O)C2)C[C@H](O)[C@@H]1O[C@H]1C[C@H](O)[C@H](O[C@H]2C[C@H](O)[C@H](O[C@@H]3O[C@H](CO)[C@@H](O)[C@H](O)[C@H]3O)[C@@H](C)O2)[C@@H](C)O1. The maximum atomic E-state index is 12.7. The second-order valence-corrected chi connectivity index (χ2v) is 21.6. The summed E-state index contributed by atoms with van der Waals surface area (Å²) in [6, 6.07) is 0. The van der Waals surface area contributed by atoms with Crippen LogP contribution in [0.5, 0.6) is 0 Å². The van der Waals surface area contributed by atoms with Crippen molar-refractivity contribution >= 4 is 5.97 Å². The zero-order chi connectivity index (χ0) is 47.2. The summed E-state index contributed by atoms with van der Waals surface area (Å²) >= 11 is 0. The average molecular weight is 943 g/mol. The molecule has 0 aromatic heterocycles. The van der Waals surface area contributed by atoms with Crippen LogP contribution < -0.4 is 0 Å². The van der Waals surface area contributed by atoms with Gasteiger partial charge in [0.15, 0.2) is 25.2 Å². The molecule has 0 bridgehead atoms. The highest BCUT2D eigenvalue weighted by atomic mass is 16.8. The Morgan fingerprint density at radius 1 is 0.652 bits per heavy atom. The fraction of sp³-hybridized carbons (Fsp3) is 0.936. The van der Waals surface area contributed by atoms with Crippen LogP contribution in [0.25, 0.3) is 0 Å². The molecule has 0 amide bonds. The molecule has 9 N–H and O–H groups in total. The third-order valence-electron chi connectivity index (χ3n) is 17.9. The third kappa shape index (κ3) is 8.64. The summed E-state index contributed by atoms with van der Waals surface area (Å²) in [5.74, 6) is -0.140. The Labute approximate surface area is 385 Å². The zero-order valence-electron chi connectivity index (χ0n) is 38.7. The van der Waals surface area contributed by atoms with Gasteiger partial charge in [0.2, 0.25) is 0 Å². The van der Waals surface area contributed by atoms with Crippen LogP contribution in [-0.2, 0) is 47.4 Å². The lowest BCUT2D eigenvalue weighted by molar-refractivity contribution is -0.355. The smallest absolute Gasteiger partial charge is 0.334 e. The summed E-state index contributed by atoms with van der Waals surface area (Å²) in [6.45, 7) is 9.18. The van der Waals surface area contributed by atoms with Crippen molar-refractivity contribution < 1.29 is 93.4 Å². The molecule has 8 fully saturated rings. The summed E-state index contributed by atoms with van der Waals surface area (Å²) in [6.07, 6.45) is -10.5. The maximum absolute atomic E-state index is 12.7. The van der Waals surface area contributed by atoms with Crippen molar-refractivity contribution in [2.75, 3.05) is 13.2 Å². The highest BCUT2D eigenvalue weighted by molar-refractivity contribution is 5.91. The van der Waals surface area contributed by atoms with E-state index in [0.717, 1.165) is 44.9 Å². The standard InChI is InChI=1S/C47H74O19/c1-20-40(64-34-16-29(50)41(21(2)60-34)65-35-17-30(51)42(22(3)61-35)66-44-39(55)38(54)37(53)32(19-48)63-44)28(49)15-33(59-20)62-24-8-11-45(4)23(14-24)6-7-27-26(45)9-12-46(5)36(25-10-13-58-43(25)56)31(52)18-47(27,46)57/h10,20-24,26-42,44,48-55,57H,6-9,11-19H2,1-5H3/t20-,21-,22-,23-,24+,26+,27-,28+,29+,30+,31+,32-,33+,34+,35+,36-,37-,38+,39-,40-,41-,42-,44+,45+,46-,47+/m1/s1. The second-order valence-electron chi connectivity index (χ2n) is 21.6. The summed E-state index contributed by atoms with van der Waals surface area (Å²) in [7, 11) is 0. The van der Waals surface area contributed by atoms with Crippen molar-refractivity contribution in [2.45, 2.75) is 228 Å². The Balaban J connectivity index is 0.735. The maximum Gasteiger partial charge on any atom is 0.334 e. The van der Waals surface area contributed by atoms with E-state index in [-0.39, 0.29) is 61.6 Å². The second kappa shape index (κ2) is 18.9. The number of carbonyl (C=O) groups is 1. The van der Waals surface area contributed by atoms with Crippen molar-refractivity contribution in [3.63, 3.8) is 0 Å². The fourth-order valence-electron chi connectivity index (χ4n) is 14.3. The predicted molar refractivity (Wildman–Crippen MR) is 225 cm³/mol. The molecule has 0 unspecified atom stereocenters. The minimum absolute atomic E-state index is 0.0133. The minimum atomic E-state index is -1.65. The molecule has 66 heavy (non-hydrogen) atoms. The molecule has 0 aromatic rings. The zero-order valence-corrected chi connectivity index (χ0v) is 38.7. The molecule has 19 nitrogen and oxygen atoms in total. The number of rotatable bonds is 10. The number of hydrogen-bond donors (Lipinski definition) is 9. The first-order chi connectivity index (χ1) is 31.3. The van der Waals surface area contributed by atoms with Gasteiger partial charge in [-0.1, -0.05) is 13.8 Å². The van der Waals surface area contributed by atoms with E-state index in [1.54, 1.807) is 19.9 Å². The van der Waals surface area contributed by atoms with Crippen LogP contribution in [0.2, 0.25) is 0 Å². The van der Waals surface area contributed by atoms with Gasteiger partial charge in [-0.2, -0.15) is 0 Å². The van der Waals surface area contributed by atoms with Crippen molar-refractivity contribution in [1.82, 2.24) is 0 Å². The van der Waals surface area contributed by atoms with Crippen LogP contribution in [0, 0.1) is 34.5 Å². The van der Waals surface area contributed by atoms with E-state index in [9.17, 15) is 50.8 Å². The predicted octanol–water partition coefficient (Wildman–Crippen LogP) is 0.0423. The molecule has 376 valence electrons. The molecule has 9 aliphatic rings. The fourth-order valence-corrected chi connectivity index (χ4v) is 14.3. The molecule has 4 saturated carbocycles. The Kier molecular flexibility index (Phi) is 14.2. The first-order valence-corrected chi connectivity index (χ1v) is 24.5. The van der Waals surface area contributed by atoms with E-state index < -0.39 is 134 Å².